The van der Waals surface area contributed by atoms with Crippen LogP contribution in [0.3, 0.4) is 0 Å². The summed E-state index contributed by atoms with van der Waals surface area (Å²) >= 11 is 0. The van der Waals surface area contributed by atoms with Gasteiger partial charge < -0.3 is 5.32 Å². The van der Waals surface area contributed by atoms with Gasteiger partial charge in [-0.05, 0) is 26.3 Å². The molecule has 1 unspecified atom stereocenters. The van der Waals surface area contributed by atoms with Crippen molar-refractivity contribution in [3.63, 3.8) is 0 Å². The molecule has 0 amide bonds. The Balaban J connectivity index is 2.99. The summed E-state index contributed by atoms with van der Waals surface area (Å²) in [4.78, 5) is 0.279. The minimum absolute atomic E-state index is 0.0914. The molecule has 122 valence electrons. The number of rotatable bonds is 9. The highest BCUT2D eigenvalue weighted by Gasteiger charge is 2.27. The molecule has 1 heterocycles. The van der Waals surface area contributed by atoms with Gasteiger partial charge in [0.2, 0.25) is 10.0 Å². The van der Waals surface area contributed by atoms with E-state index in [-0.39, 0.29) is 10.9 Å². The fourth-order valence-corrected chi connectivity index (χ4v) is 4.26. The maximum Gasteiger partial charge on any atom is 0.244 e. The second-order valence-electron chi connectivity index (χ2n) is 5.39. The van der Waals surface area contributed by atoms with Crippen molar-refractivity contribution in [2.75, 3.05) is 6.54 Å². The van der Waals surface area contributed by atoms with E-state index < -0.39 is 10.0 Å². The summed E-state index contributed by atoms with van der Waals surface area (Å²) in [6.07, 6.45) is 1.91. The Kier molecular flexibility index (Phi) is 6.83. The first kappa shape index (κ1) is 18.1. The molecular weight excluding hydrogens is 288 g/mol. The van der Waals surface area contributed by atoms with E-state index in [2.05, 4.69) is 34.1 Å². The van der Waals surface area contributed by atoms with Crippen LogP contribution in [0.1, 0.15) is 51.9 Å². The molecule has 0 aliphatic rings. The van der Waals surface area contributed by atoms with Crippen molar-refractivity contribution >= 4 is 10.0 Å². The molecule has 21 heavy (non-hydrogen) atoms. The Morgan fingerprint density at radius 2 is 1.86 bits per heavy atom. The van der Waals surface area contributed by atoms with Crippen LogP contribution < -0.4 is 10.0 Å². The second kappa shape index (κ2) is 7.91. The van der Waals surface area contributed by atoms with Crippen LogP contribution in [-0.2, 0) is 16.6 Å². The van der Waals surface area contributed by atoms with Gasteiger partial charge in [-0.15, -0.1) is 0 Å². The van der Waals surface area contributed by atoms with Crippen LogP contribution >= 0.6 is 0 Å². The molecule has 0 saturated carbocycles. The average Bonchev–Trinajstić information content (AvgIpc) is 2.79. The van der Waals surface area contributed by atoms with Crippen molar-refractivity contribution in [1.82, 2.24) is 20.2 Å². The molecule has 0 bridgehead atoms. The van der Waals surface area contributed by atoms with Crippen LogP contribution in [0.2, 0.25) is 0 Å². The maximum atomic E-state index is 12.6. The van der Waals surface area contributed by atoms with Crippen LogP contribution in [0.5, 0.6) is 0 Å². The lowest BCUT2D eigenvalue weighted by Gasteiger charge is -2.22. The molecule has 3 N–H and O–H groups in total. The number of nitrogens with zero attached hydrogens (tertiary/aromatic N) is 1. The average molecular weight is 316 g/mol. The van der Waals surface area contributed by atoms with Crippen molar-refractivity contribution in [1.29, 1.82) is 0 Å². The van der Waals surface area contributed by atoms with Crippen molar-refractivity contribution in [2.45, 2.75) is 64.9 Å². The Bertz CT molecular complexity index is 535. The minimum atomic E-state index is -3.56. The normalized spacial score (nSPS) is 13.8. The van der Waals surface area contributed by atoms with Gasteiger partial charge in [0.25, 0.3) is 0 Å². The standard InChI is InChI=1S/C14H28N4O2S/c1-6-12(7-2)10(4)18-21(19,20)14-11(5)16-17-13(14)9-15-8-3/h10,12,15,18H,6-9H2,1-5H3,(H,16,17). The monoisotopic (exact) mass is 316 g/mol. The van der Waals surface area contributed by atoms with Crippen molar-refractivity contribution in [3.8, 4) is 0 Å². The van der Waals surface area contributed by atoms with Gasteiger partial charge in [-0.2, -0.15) is 5.10 Å². The van der Waals surface area contributed by atoms with Gasteiger partial charge in [-0.1, -0.05) is 33.6 Å². The van der Waals surface area contributed by atoms with Gasteiger partial charge in [0.15, 0.2) is 0 Å². The first-order chi connectivity index (χ1) is 9.87. The third-order valence-corrected chi connectivity index (χ3v) is 5.63. The number of hydrogen-bond donors (Lipinski definition) is 3. The smallest absolute Gasteiger partial charge is 0.244 e. The van der Waals surface area contributed by atoms with Crippen LogP contribution in [0.15, 0.2) is 4.90 Å². The first-order valence-electron chi connectivity index (χ1n) is 7.64. The van der Waals surface area contributed by atoms with Crippen LogP contribution in [0.25, 0.3) is 0 Å². The number of aryl methyl sites for hydroxylation is 1. The molecule has 0 aromatic carbocycles. The van der Waals surface area contributed by atoms with E-state index in [1.165, 1.54) is 0 Å². The number of aromatic nitrogens is 2. The minimum Gasteiger partial charge on any atom is -0.311 e. The molecule has 7 heteroatoms. The van der Waals surface area contributed by atoms with Gasteiger partial charge in [0.1, 0.15) is 4.90 Å². The molecule has 0 spiro atoms. The summed E-state index contributed by atoms with van der Waals surface area (Å²) in [5, 5.41) is 9.99. The molecule has 1 rings (SSSR count). The number of sulfonamides is 1. The Morgan fingerprint density at radius 3 is 2.38 bits per heavy atom. The van der Waals surface area contributed by atoms with E-state index >= 15 is 0 Å². The molecule has 6 nitrogen and oxygen atoms in total. The third kappa shape index (κ3) is 4.52. The summed E-state index contributed by atoms with van der Waals surface area (Å²) in [6.45, 7) is 11.0. The van der Waals surface area contributed by atoms with Crippen LogP contribution in [-0.4, -0.2) is 31.2 Å². The van der Waals surface area contributed by atoms with Gasteiger partial charge >= 0.3 is 0 Å². The fourth-order valence-electron chi connectivity index (χ4n) is 2.58. The zero-order valence-corrected chi connectivity index (χ0v) is 14.5. The number of nitrogens with one attached hydrogen (secondary N) is 3. The summed E-state index contributed by atoms with van der Waals surface area (Å²) < 4.78 is 28.1. The summed E-state index contributed by atoms with van der Waals surface area (Å²) in [7, 11) is -3.56. The lowest BCUT2D eigenvalue weighted by molar-refractivity contribution is 0.390. The Hall–Kier alpha value is -0.920. The lowest BCUT2D eigenvalue weighted by atomic mass is 9.96. The molecule has 1 atom stereocenters. The topological polar surface area (TPSA) is 86.9 Å². The van der Waals surface area contributed by atoms with Crippen molar-refractivity contribution < 1.29 is 8.42 Å². The SMILES string of the molecule is CCNCc1n[nH]c(C)c1S(=O)(=O)NC(C)C(CC)CC. The van der Waals surface area contributed by atoms with E-state index in [4.69, 9.17) is 0 Å². The zero-order valence-electron chi connectivity index (χ0n) is 13.7. The molecule has 1 aromatic heterocycles. The van der Waals surface area contributed by atoms with E-state index in [9.17, 15) is 8.42 Å². The lowest BCUT2D eigenvalue weighted by Crippen LogP contribution is -2.38. The van der Waals surface area contributed by atoms with Crippen molar-refractivity contribution in [3.05, 3.63) is 11.4 Å². The van der Waals surface area contributed by atoms with Crippen molar-refractivity contribution in [2.24, 2.45) is 5.92 Å². The van der Waals surface area contributed by atoms with E-state index in [0.29, 0.717) is 23.9 Å². The van der Waals surface area contributed by atoms with E-state index in [0.717, 1.165) is 19.4 Å². The largest absolute Gasteiger partial charge is 0.311 e. The van der Waals surface area contributed by atoms with Crippen LogP contribution in [0.4, 0.5) is 0 Å². The molecule has 1 aromatic rings. The summed E-state index contributed by atoms with van der Waals surface area (Å²) in [5.74, 6) is 0.337. The molecule has 0 fully saturated rings. The highest BCUT2D eigenvalue weighted by atomic mass is 32.2. The predicted molar refractivity (Wildman–Crippen MR) is 84.6 cm³/mol. The van der Waals surface area contributed by atoms with E-state index in [1.54, 1.807) is 6.92 Å². The quantitative estimate of drug-likeness (QED) is 0.649. The summed E-state index contributed by atoms with van der Waals surface area (Å²) in [5.41, 5.74) is 1.12. The molecule has 0 radical (unpaired) electrons. The third-order valence-electron chi connectivity index (χ3n) is 3.87. The molecule has 0 aliphatic carbocycles. The van der Waals surface area contributed by atoms with Gasteiger partial charge in [0, 0.05) is 12.6 Å². The highest BCUT2D eigenvalue weighted by Crippen LogP contribution is 2.20. The highest BCUT2D eigenvalue weighted by molar-refractivity contribution is 7.89. The van der Waals surface area contributed by atoms with Gasteiger partial charge in [0.05, 0.1) is 11.4 Å². The molecule has 0 aliphatic heterocycles. The Morgan fingerprint density at radius 1 is 1.24 bits per heavy atom. The van der Waals surface area contributed by atoms with Gasteiger partial charge in [-0.3, -0.25) is 5.10 Å². The fraction of sp³-hybridized carbons (Fsp3) is 0.786. The number of H-pyrrole nitrogens is 1. The molecule has 0 saturated heterocycles. The second-order valence-corrected chi connectivity index (χ2v) is 7.04. The molecular formula is C14H28N4O2S. The van der Waals surface area contributed by atoms with Gasteiger partial charge in [-0.25, -0.2) is 13.1 Å². The Labute approximate surface area is 128 Å². The number of aromatic amines is 1. The van der Waals surface area contributed by atoms with Crippen LogP contribution in [0, 0.1) is 12.8 Å². The van der Waals surface area contributed by atoms with E-state index in [1.807, 2.05) is 13.8 Å². The zero-order chi connectivity index (χ0) is 16.0. The first-order valence-corrected chi connectivity index (χ1v) is 9.12. The predicted octanol–water partition coefficient (Wildman–Crippen LogP) is 1.93. The maximum absolute atomic E-state index is 12.6. The summed E-state index contributed by atoms with van der Waals surface area (Å²) in [6, 6.07) is -0.0914. The number of hydrogen-bond acceptors (Lipinski definition) is 4.